The fraction of sp³-hybridized carbons (Fsp3) is 0.259. The number of aryl methyl sites for hydroxylation is 1. The van der Waals surface area contributed by atoms with Gasteiger partial charge < -0.3 is 20.3 Å². The maximum atomic E-state index is 14.0. The van der Waals surface area contributed by atoms with Crippen LogP contribution in [0.1, 0.15) is 40.2 Å². The highest BCUT2D eigenvalue weighted by atomic mass is 19.1. The second-order valence-electron chi connectivity index (χ2n) is 9.05. The van der Waals surface area contributed by atoms with Gasteiger partial charge in [-0.1, -0.05) is 36.4 Å². The summed E-state index contributed by atoms with van der Waals surface area (Å²) < 4.78 is 35.3. The number of aliphatic hydroxyl groups excluding tert-OH is 2. The van der Waals surface area contributed by atoms with Crippen molar-refractivity contribution in [2.45, 2.75) is 44.1 Å². The number of aromatic nitrogens is 2. The van der Waals surface area contributed by atoms with Crippen LogP contribution in [0.2, 0.25) is 0 Å². The summed E-state index contributed by atoms with van der Waals surface area (Å²) >= 11 is 0. The van der Waals surface area contributed by atoms with E-state index in [0.717, 1.165) is 17.7 Å². The first-order chi connectivity index (χ1) is 17.3. The van der Waals surface area contributed by atoms with Gasteiger partial charge in [-0.25, -0.2) is 13.8 Å². The summed E-state index contributed by atoms with van der Waals surface area (Å²) in [4.78, 5) is 18.1. The summed E-state index contributed by atoms with van der Waals surface area (Å²) in [7, 11) is 0. The van der Waals surface area contributed by atoms with E-state index in [1.807, 2.05) is 30.3 Å². The van der Waals surface area contributed by atoms with E-state index in [9.17, 15) is 23.8 Å². The van der Waals surface area contributed by atoms with Crippen molar-refractivity contribution in [2.24, 2.45) is 0 Å². The highest BCUT2D eigenvalue weighted by Crippen LogP contribution is 2.39. The average molecular weight is 494 g/mol. The first-order valence-corrected chi connectivity index (χ1v) is 11.6. The van der Waals surface area contributed by atoms with E-state index in [4.69, 9.17) is 4.74 Å². The lowest BCUT2D eigenvalue weighted by Gasteiger charge is -2.31. The number of amides is 1. The van der Waals surface area contributed by atoms with Gasteiger partial charge in [0.25, 0.3) is 5.91 Å². The molecule has 0 saturated heterocycles. The third-order valence-electron chi connectivity index (χ3n) is 6.68. The van der Waals surface area contributed by atoms with E-state index in [1.54, 1.807) is 29.7 Å². The third-order valence-corrected chi connectivity index (χ3v) is 6.68. The van der Waals surface area contributed by atoms with Crippen molar-refractivity contribution in [1.29, 1.82) is 0 Å². The molecule has 0 aliphatic heterocycles. The molecule has 7 nitrogen and oxygen atoms in total. The Morgan fingerprint density at radius 1 is 1.06 bits per heavy atom. The number of halogens is 2. The van der Waals surface area contributed by atoms with Crippen LogP contribution in [0.3, 0.4) is 0 Å². The van der Waals surface area contributed by atoms with E-state index in [-0.39, 0.29) is 36.5 Å². The van der Waals surface area contributed by atoms with Crippen molar-refractivity contribution in [1.82, 2.24) is 14.7 Å². The lowest BCUT2D eigenvalue weighted by Crippen LogP contribution is -2.45. The number of pyridine rings is 1. The number of nitrogens with one attached hydrogen (secondary N) is 1. The molecule has 5 rings (SSSR count). The zero-order chi connectivity index (χ0) is 25.4. The van der Waals surface area contributed by atoms with Crippen LogP contribution in [-0.4, -0.2) is 37.7 Å². The molecular formula is C27H25F2N3O4. The molecule has 0 bridgehead atoms. The molecule has 36 heavy (non-hydrogen) atoms. The monoisotopic (exact) mass is 493 g/mol. The fourth-order valence-electron chi connectivity index (χ4n) is 4.88. The first kappa shape index (κ1) is 23.9. The van der Waals surface area contributed by atoms with Gasteiger partial charge in [0.1, 0.15) is 23.9 Å². The quantitative estimate of drug-likeness (QED) is 0.381. The van der Waals surface area contributed by atoms with Gasteiger partial charge in [0.2, 0.25) is 0 Å². The number of carbonyl (C=O) groups is 1. The summed E-state index contributed by atoms with van der Waals surface area (Å²) in [5, 5.41) is 23.6. The maximum Gasteiger partial charge on any atom is 0.270 e. The van der Waals surface area contributed by atoms with Crippen LogP contribution < -0.4 is 10.1 Å². The smallest absolute Gasteiger partial charge is 0.270 e. The lowest BCUT2D eigenvalue weighted by molar-refractivity contribution is 0.0438. The van der Waals surface area contributed by atoms with Crippen molar-refractivity contribution in [3.8, 4) is 5.75 Å². The van der Waals surface area contributed by atoms with Crippen LogP contribution in [0, 0.1) is 18.6 Å². The summed E-state index contributed by atoms with van der Waals surface area (Å²) in [6.45, 7) is 1.33. The van der Waals surface area contributed by atoms with Crippen molar-refractivity contribution >= 4 is 11.6 Å². The number of benzene rings is 2. The van der Waals surface area contributed by atoms with Gasteiger partial charge in [0, 0.05) is 19.0 Å². The van der Waals surface area contributed by atoms with E-state index in [2.05, 4.69) is 10.3 Å². The molecule has 0 spiro atoms. The summed E-state index contributed by atoms with van der Waals surface area (Å²) in [6, 6.07) is 16.1. The fourth-order valence-corrected chi connectivity index (χ4v) is 4.88. The normalized spacial score (nSPS) is 21.6. The third kappa shape index (κ3) is 4.20. The van der Waals surface area contributed by atoms with E-state index >= 15 is 0 Å². The molecule has 1 saturated carbocycles. The number of hydrogen-bond donors (Lipinski definition) is 3. The topological polar surface area (TPSA) is 96.1 Å². The Kier molecular flexibility index (Phi) is 6.19. The Hall–Kier alpha value is -3.82. The Morgan fingerprint density at radius 2 is 1.72 bits per heavy atom. The van der Waals surface area contributed by atoms with Crippen LogP contribution in [-0.2, 0) is 12.1 Å². The van der Waals surface area contributed by atoms with Crippen molar-refractivity contribution < 1.29 is 28.5 Å². The molecule has 3 N–H and O–H groups in total. The second-order valence-corrected chi connectivity index (χ2v) is 9.05. The van der Waals surface area contributed by atoms with E-state index in [1.165, 1.54) is 6.07 Å². The van der Waals surface area contributed by atoms with Gasteiger partial charge in [0.05, 0.1) is 29.0 Å². The average Bonchev–Trinajstić information content (AvgIpc) is 3.35. The van der Waals surface area contributed by atoms with Gasteiger partial charge in [0.15, 0.2) is 11.4 Å². The number of aliphatic hydroxyl groups is 2. The number of imidazole rings is 1. The van der Waals surface area contributed by atoms with Crippen molar-refractivity contribution in [3.05, 3.63) is 101 Å². The van der Waals surface area contributed by atoms with E-state index in [0.29, 0.717) is 11.3 Å². The minimum Gasteiger partial charge on any atom is -0.485 e. The molecule has 3 atom stereocenters. The molecule has 1 unspecified atom stereocenters. The van der Waals surface area contributed by atoms with Crippen molar-refractivity contribution in [2.75, 3.05) is 0 Å². The SMILES string of the molecule is Cc1nc2c(OCc3c(F)cccc3F)cccn2c1C(=O)NC1(c2ccccc2)C[C@@H](O)[C@@H](O)C1. The Morgan fingerprint density at radius 3 is 2.39 bits per heavy atom. The van der Waals surface area contributed by atoms with Gasteiger partial charge in [-0.15, -0.1) is 0 Å². The molecule has 2 aromatic carbocycles. The van der Waals surface area contributed by atoms with Crippen LogP contribution in [0.25, 0.3) is 5.65 Å². The highest BCUT2D eigenvalue weighted by molar-refractivity contribution is 5.95. The van der Waals surface area contributed by atoms with Gasteiger partial charge >= 0.3 is 0 Å². The number of nitrogens with zero attached hydrogens (tertiary/aromatic N) is 2. The molecule has 0 radical (unpaired) electrons. The molecule has 186 valence electrons. The zero-order valence-electron chi connectivity index (χ0n) is 19.5. The van der Waals surface area contributed by atoms with Gasteiger partial charge in [-0.3, -0.25) is 9.20 Å². The van der Waals surface area contributed by atoms with E-state index < -0.39 is 35.3 Å². The van der Waals surface area contributed by atoms with Crippen LogP contribution in [0.5, 0.6) is 5.75 Å². The molecule has 4 aromatic rings. The number of ether oxygens (including phenoxy) is 1. The lowest BCUT2D eigenvalue weighted by atomic mass is 9.87. The Bertz CT molecular complexity index is 1390. The molecule has 2 aromatic heterocycles. The predicted octanol–water partition coefficient (Wildman–Crippen LogP) is 3.64. The minimum absolute atomic E-state index is 0.155. The predicted molar refractivity (Wildman–Crippen MR) is 127 cm³/mol. The second kappa shape index (κ2) is 9.33. The molecule has 1 aliphatic carbocycles. The molecule has 1 aliphatic rings. The van der Waals surface area contributed by atoms with Crippen molar-refractivity contribution in [3.63, 3.8) is 0 Å². The summed E-state index contributed by atoms with van der Waals surface area (Å²) in [5.41, 5.74) is 0.587. The largest absolute Gasteiger partial charge is 0.485 e. The highest BCUT2D eigenvalue weighted by Gasteiger charge is 2.46. The van der Waals surface area contributed by atoms with Crippen LogP contribution in [0.4, 0.5) is 8.78 Å². The van der Waals surface area contributed by atoms with Crippen LogP contribution in [0.15, 0.2) is 66.9 Å². The number of hydrogen-bond acceptors (Lipinski definition) is 5. The molecule has 9 heteroatoms. The summed E-state index contributed by atoms with van der Waals surface area (Å²) in [5.74, 6) is -1.61. The molecule has 1 fully saturated rings. The minimum atomic E-state index is -0.979. The molecule has 2 heterocycles. The number of carbonyl (C=O) groups excluding carboxylic acids is 1. The molecular weight excluding hydrogens is 468 g/mol. The number of fused-ring (bicyclic) bond motifs is 1. The Balaban J connectivity index is 1.47. The maximum absolute atomic E-state index is 14.0. The summed E-state index contributed by atoms with van der Waals surface area (Å²) in [6.07, 6.45) is -0.00100. The Labute approximate surface area is 206 Å². The standard InChI is InChI=1S/C27H25F2N3O4/c1-16-24(26(35)31-27(13-21(33)22(34)14-27)17-7-3-2-4-8-17)32-12-6-11-23(25(32)30-16)36-15-18-19(28)9-5-10-20(18)29/h2-12,21-22,33-34H,13-15H2,1H3,(H,31,35)/t21-,22+,27?. The van der Waals surface area contributed by atoms with Gasteiger partial charge in [-0.05, 0) is 36.8 Å². The first-order valence-electron chi connectivity index (χ1n) is 11.6. The number of rotatable bonds is 6. The van der Waals surface area contributed by atoms with Gasteiger partial charge in [-0.2, -0.15) is 0 Å². The zero-order valence-corrected chi connectivity index (χ0v) is 19.5. The van der Waals surface area contributed by atoms with Crippen LogP contribution >= 0.6 is 0 Å². The molecule has 1 amide bonds.